The second-order valence-electron chi connectivity index (χ2n) is 4.61. The highest BCUT2D eigenvalue weighted by atomic mass is 28.3. The molecule has 80 valence electrons. The number of ether oxygens (including phenoxy) is 1. The fourth-order valence-corrected chi connectivity index (χ4v) is 1.65. The van der Waals surface area contributed by atoms with Crippen LogP contribution in [0.5, 0.6) is 0 Å². The summed E-state index contributed by atoms with van der Waals surface area (Å²) in [4.78, 5) is 10.5. The molecule has 0 unspecified atom stereocenters. The summed E-state index contributed by atoms with van der Waals surface area (Å²) in [5.74, 6) is -0.259. The van der Waals surface area contributed by atoms with Crippen LogP contribution in [0.15, 0.2) is 24.3 Å². The normalized spacial score (nSPS) is 11.7. The van der Waals surface area contributed by atoms with E-state index in [1.807, 2.05) is 6.08 Å². The predicted molar refractivity (Wildman–Crippen MR) is 63.1 cm³/mol. The summed E-state index contributed by atoms with van der Waals surface area (Å²) in [6.45, 7) is 12.4. The molecule has 0 amide bonds. The minimum Gasteiger partial charge on any atom is -0.461 e. The Morgan fingerprint density at radius 2 is 2.00 bits per heavy atom. The van der Waals surface area contributed by atoms with Gasteiger partial charge in [-0.3, -0.25) is 4.79 Å². The van der Waals surface area contributed by atoms with E-state index in [1.54, 1.807) is 0 Å². The first-order valence-corrected chi connectivity index (χ1v) is 8.49. The monoisotopic (exact) mass is 212 g/mol. The minimum atomic E-state index is -1.00. The number of carbonyl (C=O) groups excluding carboxylic acids is 1. The number of hydrogen-bond acceptors (Lipinski definition) is 2. The molecule has 0 aliphatic heterocycles. The van der Waals surface area contributed by atoms with Crippen molar-refractivity contribution in [2.75, 3.05) is 6.61 Å². The lowest BCUT2D eigenvalue weighted by molar-refractivity contribution is -0.139. The Labute approximate surface area is 87.7 Å². The van der Waals surface area contributed by atoms with Crippen LogP contribution in [0.1, 0.15) is 6.92 Å². The molecule has 0 spiro atoms. The lowest BCUT2D eigenvalue weighted by atomic mass is 10.3. The Morgan fingerprint density at radius 1 is 1.43 bits per heavy atom. The van der Waals surface area contributed by atoms with Crippen LogP contribution >= 0.6 is 0 Å². The molecule has 2 nitrogen and oxygen atoms in total. The lowest BCUT2D eigenvalue weighted by Crippen LogP contribution is -2.17. The van der Waals surface area contributed by atoms with Crippen LogP contribution in [0, 0.1) is 0 Å². The van der Waals surface area contributed by atoms with Crippen molar-refractivity contribution in [1.82, 2.24) is 0 Å². The van der Waals surface area contributed by atoms with E-state index in [9.17, 15) is 4.79 Å². The summed E-state index contributed by atoms with van der Waals surface area (Å²) in [6, 6.07) is 1.13. The Kier molecular flexibility index (Phi) is 5.46. The summed E-state index contributed by atoms with van der Waals surface area (Å²) >= 11 is 0. The highest BCUT2D eigenvalue weighted by Gasteiger charge is 2.09. The highest BCUT2D eigenvalue weighted by Crippen LogP contribution is 2.09. The molecular formula is C11H20O2Si. The van der Waals surface area contributed by atoms with Crippen molar-refractivity contribution in [3.05, 3.63) is 24.3 Å². The Balaban J connectivity index is 3.77. The van der Waals surface area contributed by atoms with E-state index >= 15 is 0 Å². The van der Waals surface area contributed by atoms with Gasteiger partial charge in [-0.25, -0.2) is 0 Å². The Bertz CT molecular complexity index is 236. The van der Waals surface area contributed by atoms with E-state index in [2.05, 4.69) is 32.3 Å². The van der Waals surface area contributed by atoms with Gasteiger partial charge in [0, 0.05) is 15.0 Å². The topological polar surface area (TPSA) is 26.3 Å². The van der Waals surface area contributed by atoms with E-state index < -0.39 is 8.07 Å². The van der Waals surface area contributed by atoms with Crippen LogP contribution in [0.3, 0.4) is 0 Å². The molecule has 0 bridgehead atoms. The fourth-order valence-electron chi connectivity index (χ4n) is 0.822. The Hall–Kier alpha value is -0.833. The van der Waals surface area contributed by atoms with Crippen molar-refractivity contribution >= 4 is 14.0 Å². The van der Waals surface area contributed by atoms with Crippen LogP contribution in [-0.4, -0.2) is 20.7 Å². The molecule has 0 aromatic carbocycles. The molecule has 0 aliphatic carbocycles. The van der Waals surface area contributed by atoms with Crippen LogP contribution in [0.25, 0.3) is 0 Å². The first kappa shape index (κ1) is 13.2. The highest BCUT2D eigenvalue weighted by molar-refractivity contribution is 6.76. The molecule has 0 aliphatic rings. The zero-order valence-corrected chi connectivity index (χ0v) is 10.6. The number of rotatable bonds is 5. The molecular weight excluding hydrogens is 192 g/mol. The maximum Gasteiger partial charge on any atom is 0.302 e. The summed E-state index contributed by atoms with van der Waals surface area (Å²) in [5, 5.41) is 0. The van der Waals surface area contributed by atoms with Crippen LogP contribution in [0.4, 0.5) is 0 Å². The van der Waals surface area contributed by atoms with Gasteiger partial charge in [-0.1, -0.05) is 38.4 Å². The number of carbonyl (C=O) groups is 1. The molecule has 0 atom stereocenters. The third-order valence-corrected chi connectivity index (χ3v) is 3.01. The summed E-state index contributed by atoms with van der Waals surface area (Å²) < 4.78 is 4.81. The first-order valence-electron chi connectivity index (χ1n) is 4.79. The van der Waals surface area contributed by atoms with Gasteiger partial charge < -0.3 is 4.74 Å². The molecule has 0 N–H and O–H groups in total. The van der Waals surface area contributed by atoms with Crippen molar-refractivity contribution in [1.29, 1.82) is 0 Å². The number of esters is 1. The first-order chi connectivity index (χ1) is 6.31. The van der Waals surface area contributed by atoms with E-state index in [4.69, 9.17) is 4.74 Å². The fraction of sp³-hybridized carbons (Fsp3) is 0.545. The van der Waals surface area contributed by atoms with Gasteiger partial charge in [-0.05, 0) is 11.6 Å². The number of allylic oxidation sites excluding steroid dienone is 1. The van der Waals surface area contributed by atoms with Crippen molar-refractivity contribution < 1.29 is 9.53 Å². The molecule has 3 heteroatoms. The quantitative estimate of drug-likeness (QED) is 0.398. The summed E-state index contributed by atoms with van der Waals surface area (Å²) in [6.07, 6.45) is 4.07. The zero-order valence-electron chi connectivity index (χ0n) is 9.59. The second-order valence-corrected chi connectivity index (χ2v) is 10.1. The van der Waals surface area contributed by atoms with Gasteiger partial charge in [0.15, 0.2) is 0 Å². The van der Waals surface area contributed by atoms with Gasteiger partial charge in [-0.15, -0.1) is 0 Å². The molecule has 0 aromatic rings. The van der Waals surface area contributed by atoms with Gasteiger partial charge >= 0.3 is 5.97 Å². The van der Waals surface area contributed by atoms with Crippen molar-refractivity contribution in [2.45, 2.75) is 32.6 Å². The summed E-state index contributed by atoms with van der Waals surface area (Å²) in [7, 11) is -1.00. The second kappa shape index (κ2) is 5.80. The molecule has 14 heavy (non-hydrogen) atoms. The molecule has 0 fully saturated rings. The Morgan fingerprint density at radius 3 is 2.43 bits per heavy atom. The zero-order chi connectivity index (χ0) is 11.2. The standard InChI is InChI=1S/C11H20O2Si/c1-10(9-13-11(2)12)7-6-8-14(3,4)5/h6-7H,1,8-9H2,2-5H3/b7-6+. The largest absolute Gasteiger partial charge is 0.461 e. The third kappa shape index (κ3) is 9.26. The molecule has 0 saturated carbocycles. The molecule has 0 heterocycles. The van der Waals surface area contributed by atoms with Gasteiger partial charge in [0.1, 0.15) is 6.61 Å². The van der Waals surface area contributed by atoms with Crippen LogP contribution in [0.2, 0.25) is 25.7 Å². The van der Waals surface area contributed by atoms with E-state index in [1.165, 1.54) is 6.92 Å². The van der Waals surface area contributed by atoms with E-state index in [-0.39, 0.29) is 5.97 Å². The average molecular weight is 212 g/mol. The van der Waals surface area contributed by atoms with Gasteiger partial charge in [0.2, 0.25) is 0 Å². The van der Waals surface area contributed by atoms with Gasteiger partial charge in [0.25, 0.3) is 0 Å². The van der Waals surface area contributed by atoms with Crippen molar-refractivity contribution in [3.8, 4) is 0 Å². The average Bonchev–Trinajstić information content (AvgIpc) is 1.98. The van der Waals surface area contributed by atoms with E-state index in [0.29, 0.717) is 6.61 Å². The predicted octanol–water partition coefficient (Wildman–Crippen LogP) is 3.00. The van der Waals surface area contributed by atoms with Gasteiger partial charge in [-0.2, -0.15) is 0 Å². The molecule has 0 aromatic heterocycles. The maximum atomic E-state index is 10.5. The van der Waals surface area contributed by atoms with Crippen LogP contribution in [-0.2, 0) is 9.53 Å². The van der Waals surface area contributed by atoms with Gasteiger partial charge in [0.05, 0.1) is 0 Å². The third-order valence-electron chi connectivity index (χ3n) is 1.54. The molecule has 0 saturated heterocycles. The number of hydrogen-bond donors (Lipinski definition) is 0. The maximum absolute atomic E-state index is 10.5. The smallest absolute Gasteiger partial charge is 0.302 e. The van der Waals surface area contributed by atoms with E-state index in [0.717, 1.165) is 11.6 Å². The van der Waals surface area contributed by atoms with Crippen molar-refractivity contribution in [2.24, 2.45) is 0 Å². The lowest BCUT2D eigenvalue weighted by Gasteiger charge is -2.11. The molecule has 0 rings (SSSR count). The summed E-state index contributed by atoms with van der Waals surface area (Å²) in [5.41, 5.74) is 0.846. The molecule has 0 radical (unpaired) electrons. The van der Waals surface area contributed by atoms with Crippen LogP contribution < -0.4 is 0 Å². The van der Waals surface area contributed by atoms with Crippen molar-refractivity contribution in [3.63, 3.8) is 0 Å². The minimum absolute atomic E-state index is 0.259. The SMILES string of the molecule is C=C(/C=C/C[Si](C)(C)C)COC(C)=O.